The molecule has 164 valence electrons. The van der Waals surface area contributed by atoms with Gasteiger partial charge in [-0.1, -0.05) is 18.2 Å². The number of non-ortho nitro benzene ring substituents is 1. The Bertz CT molecular complexity index is 1450. The smallest absolute Gasteiger partial charge is 0.269 e. The first-order valence-corrected chi connectivity index (χ1v) is 10.4. The minimum Gasteiger partial charge on any atom is -0.489 e. The van der Waals surface area contributed by atoms with Crippen LogP contribution in [0.25, 0.3) is 17.0 Å². The van der Waals surface area contributed by atoms with Crippen molar-refractivity contribution in [2.45, 2.75) is 13.5 Å². The standard InChI is InChI=1S/C26H20N2O5/c1-16-11-20(32-15-17-7-9-19(10-8-17)28(30)31)13-23-25(16)26(29)24(33-23)12-18-14-27(2)22-6-4-3-5-21(18)22/h3-14H,15H2,1-2H3/b24-12-. The summed E-state index contributed by atoms with van der Waals surface area (Å²) in [6.45, 7) is 2.09. The number of para-hydroxylation sites is 1. The lowest BCUT2D eigenvalue weighted by Gasteiger charge is -2.09. The van der Waals surface area contributed by atoms with Gasteiger partial charge in [0.25, 0.3) is 5.69 Å². The predicted octanol–water partition coefficient (Wildman–Crippen LogP) is 5.59. The molecule has 0 spiro atoms. The van der Waals surface area contributed by atoms with Crippen molar-refractivity contribution in [3.8, 4) is 11.5 Å². The molecule has 0 saturated heterocycles. The molecule has 0 amide bonds. The second-order valence-corrected chi connectivity index (χ2v) is 7.98. The van der Waals surface area contributed by atoms with E-state index in [1.54, 1.807) is 30.3 Å². The van der Waals surface area contributed by atoms with Crippen molar-refractivity contribution in [3.05, 3.63) is 105 Å². The highest BCUT2D eigenvalue weighted by Crippen LogP contribution is 2.38. The molecule has 0 fully saturated rings. The van der Waals surface area contributed by atoms with Gasteiger partial charge in [0.05, 0.1) is 10.5 Å². The molecule has 7 nitrogen and oxygen atoms in total. The number of nitrogens with zero attached hydrogens (tertiary/aromatic N) is 2. The lowest BCUT2D eigenvalue weighted by Crippen LogP contribution is -2.00. The van der Waals surface area contributed by atoms with Gasteiger partial charge < -0.3 is 14.0 Å². The summed E-state index contributed by atoms with van der Waals surface area (Å²) < 4.78 is 13.8. The fourth-order valence-electron chi connectivity index (χ4n) is 4.07. The fraction of sp³-hybridized carbons (Fsp3) is 0.115. The quantitative estimate of drug-likeness (QED) is 0.229. The molecule has 0 atom stereocenters. The van der Waals surface area contributed by atoms with Gasteiger partial charge in [-0.2, -0.15) is 0 Å². The summed E-state index contributed by atoms with van der Waals surface area (Å²) >= 11 is 0. The number of carbonyl (C=O) groups is 1. The molecule has 7 heteroatoms. The number of Topliss-reactive ketones (excluding diaryl/α,β-unsaturated/α-hetero) is 1. The fourth-order valence-corrected chi connectivity index (χ4v) is 4.07. The van der Waals surface area contributed by atoms with Gasteiger partial charge in [-0.25, -0.2) is 0 Å². The molecule has 0 bridgehead atoms. The number of hydrogen-bond donors (Lipinski definition) is 0. The zero-order valence-electron chi connectivity index (χ0n) is 18.1. The Balaban J connectivity index is 1.39. The Hall–Kier alpha value is -4.39. The molecule has 33 heavy (non-hydrogen) atoms. The maximum atomic E-state index is 13.0. The molecule has 2 heterocycles. The Kier molecular flexibility index (Phi) is 4.94. The van der Waals surface area contributed by atoms with Crippen LogP contribution in [0.3, 0.4) is 0 Å². The van der Waals surface area contributed by atoms with Crippen LogP contribution in [0.1, 0.15) is 27.0 Å². The number of nitro groups is 1. The molecule has 0 radical (unpaired) electrons. The van der Waals surface area contributed by atoms with Crippen LogP contribution in [-0.2, 0) is 13.7 Å². The van der Waals surface area contributed by atoms with Gasteiger partial charge in [0.15, 0.2) is 5.76 Å². The highest BCUT2D eigenvalue weighted by Gasteiger charge is 2.30. The molecule has 1 aliphatic rings. The summed E-state index contributed by atoms with van der Waals surface area (Å²) in [6, 6.07) is 17.7. The average Bonchev–Trinajstić information content (AvgIpc) is 3.29. The molecule has 0 N–H and O–H groups in total. The van der Waals surface area contributed by atoms with E-state index in [-0.39, 0.29) is 23.8 Å². The van der Waals surface area contributed by atoms with E-state index in [1.807, 2.05) is 49.0 Å². The number of rotatable bonds is 5. The van der Waals surface area contributed by atoms with Crippen molar-refractivity contribution in [2.75, 3.05) is 0 Å². The first-order valence-electron chi connectivity index (χ1n) is 10.4. The lowest BCUT2D eigenvalue weighted by atomic mass is 10.0. The van der Waals surface area contributed by atoms with Crippen LogP contribution in [0, 0.1) is 17.0 Å². The van der Waals surface area contributed by atoms with E-state index in [0.29, 0.717) is 17.1 Å². The van der Waals surface area contributed by atoms with Gasteiger partial charge >= 0.3 is 0 Å². The number of ketones is 1. The number of aryl methyl sites for hydroxylation is 2. The molecule has 3 aromatic carbocycles. The first kappa shape index (κ1) is 20.5. The molecule has 4 aromatic rings. The van der Waals surface area contributed by atoms with Crippen molar-refractivity contribution in [1.82, 2.24) is 4.57 Å². The Morgan fingerprint density at radius 1 is 1.12 bits per heavy atom. The van der Waals surface area contributed by atoms with Crippen LogP contribution in [-0.4, -0.2) is 15.3 Å². The van der Waals surface area contributed by atoms with E-state index in [1.165, 1.54) is 12.1 Å². The van der Waals surface area contributed by atoms with Crippen molar-refractivity contribution in [2.24, 2.45) is 7.05 Å². The van der Waals surface area contributed by atoms with E-state index < -0.39 is 4.92 Å². The normalized spacial score (nSPS) is 13.9. The Morgan fingerprint density at radius 3 is 2.64 bits per heavy atom. The molecule has 5 rings (SSSR count). The molecular formula is C26H20N2O5. The highest BCUT2D eigenvalue weighted by molar-refractivity contribution is 6.16. The van der Waals surface area contributed by atoms with Crippen LogP contribution >= 0.6 is 0 Å². The van der Waals surface area contributed by atoms with E-state index in [0.717, 1.165) is 27.6 Å². The van der Waals surface area contributed by atoms with E-state index in [9.17, 15) is 14.9 Å². The molecule has 1 aliphatic heterocycles. The number of carbonyl (C=O) groups excluding carboxylic acids is 1. The van der Waals surface area contributed by atoms with Crippen LogP contribution in [0.5, 0.6) is 11.5 Å². The third-order valence-electron chi connectivity index (χ3n) is 5.71. The van der Waals surface area contributed by atoms with E-state index >= 15 is 0 Å². The van der Waals surface area contributed by atoms with Crippen LogP contribution in [0.4, 0.5) is 5.69 Å². The average molecular weight is 440 g/mol. The van der Waals surface area contributed by atoms with Crippen LogP contribution < -0.4 is 9.47 Å². The van der Waals surface area contributed by atoms with Crippen LogP contribution in [0.15, 0.2) is 72.6 Å². The first-order chi connectivity index (χ1) is 15.9. The second-order valence-electron chi connectivity index (χ2n) is 7.98. The van der Waals surface area contributed by atoms with Gasteiger partial charge in [0, 0.05) is 47.9 Å². The van der Waals surface area contributed by atoms with Crippen molar-refractivity contribution in [1.29, 1.82) is 0 Å². The molecular weight excluding hydrogens is 420 g/mol. The minimum absolute atomic E-state index is 0.0320. The van der Waals surface area contributed by atoms with Crippen LogP contribution in [0.2, 0.25) is 0 Å². The number of aromatic nitrogens is 1. The number of fused-ring (bicyclic) bond motifs is 2. The monoisotopic (exact) mass is 440 g/mol. The summed E-state index contributed by atoms with van der Waals surface area (Å²) in [6.07, 6.45) is 3.75. The van der Waals surface area contributed by atoms with Gasteiger partial charge in [0.1, 0.15) is 18.1 Å². The molecule has 0 unspecified atom stereocenters. The van der Waals surface area contributed by atoms with Gasteiger partial charge in [-0.3, -0.25) is 14.9 Å². The van der Waals surface area contributed by atoms with Crippen molar-refractivity contribution < 1.29 is 19.2 Å². The van der Waals surface area contributed by atoms with Crippen molar-refractivity contribution >= 4 is 28.4 Å². The number of benzene rings is 3. The largest absolute Gasteiger partial charge is 0.489 e. The zero-order chi connectivity index (χ0) is 23.1. The third-order valence-corrected chi connectivity index (χ3v) is 5.71. The summed E-state index contributed by atoms with van der Waals surface area (Å²) in [4.78, 5) is 23.4. The summed E-state index contributed by atoms with van der Waals surface area (Å²) in [5.74, 6) is 1.14. The molecule has 0 saturated carbocycles. The van der Waals surface area contributed by atoms with Gasteiger partial charge in [0.2, 0.25) is 5.78 Å². The number of nitro benzene ring substituents is 1. The maximum Gasteiger partial charge on any atom is 0.269 e. The minimum atomic E-state index is -0.438. The highest BCUT2D eigenvalue weighted by atomic mass is 16.6. The van der Waals surface area contributed by atoms with E-state index in [2.05, 4.69) is 0 Å². The zero-order valence-corrected chi connectivity index (χ0v) is 18.1. The number of hydrogen-bond acceptors (Lipinski definition) is 5. The number of allylic oxidation sites excluding steroid dienone is 1. The lowest BCUT2D eigenvalue weighted by molar-refractivity contribution is -0.384. The molecule has 0 aliphatic carbocycles. The van der Waals surface area contributed by atoms with Gasteiger partial charge in [-0.15, -0.1) is 0 Å². The second kappa shape index (κ2) is 7.94. The topological polar surface area (TPSA) is 83.6 Å². The SMILES string of the molecule is Cc1cc(OCc2ccc([N+](=O)[O-])cc2)cc2c1C(=O)/C(=C/c1cn(C)c3ccccc13)O2. The predicted molar refractivity (Wildman–Crippen MR) is 124 cm³/mol. The van der Waals surface area contributed by atoms with Crippen molar-refractivity contribution in [3.63, 3.8) is 0 Å². The van der Waals surface area contributed by atoms with Gasteiger partial charge in [-0.05, 0) is 48.4 Å². The maximum absolute atomic E-state index is 13.0. The number of ether oxygens (including phenoxy) is 2. The summed E-state index contributed by atoms with van der Waals surface area (Å²) in [5, 5.41) is 11.8. The Morgan fingerprint density at radius 2 is 1.88 bits per heavy atom. The third kappa shape index (κ3) is 3.74. The summed E-state index contributed by atoms with van der Waals surface area (Å²) in [5.41, 5.74) is 4.11. The summed E-state index contributed by atoms with van der Waals surface area (Å²) in [7, 11) is 1.97. The molecule has 1 aromatic heterocycles. The Labute approximate surface area is 189 Å². The van der Waals surface area contributed by atoms with E-state index in [4.69, 9.17) is 9.47 Å².